The maximum absolute atomic E-state index is 14.8. The summed E-state index contributed by atoms with van der Waals surface area (Å²) in [6, 6.07) is 5.43. The number of carbonyl (C=O) groups is 1. The van der Waals surface area contributed by atoms with E-state index in [9.17, 15) is 38.6 Å². The van der Waals surface area contributed by atoms with Crippen molar-refractivity contribution in [1.29, 1.82) is 0 Å². The average molecular weight is 1090 g/mol. The summed E-state index contributed by atoms with van der Waals surface area (Å²) in [5, 5.41) is 56.2. The summed E-state index contributed by atoms with van der Waals surface area (Å²) in [6.07, 6.45) is -4.79. The molecule has 4 N–H and O–H groups in total. The Hall–Kier alpha value is -2.48. The molecule has 0 amide bonds. The van der Waals surface area contributed by atoms with E-state index in [1.165, 1.54) is 25.8 Å². The Morgan fingerprint density at radius 3 is 2.27 bits per heavy atom. The van der Waals surface area contributed by atoms with Crippen molar-refractivity contribution in [3.63, 3.8) is 0 Å². The van der Waals surface area contributed by atoms with Gasteiger partial charge in [-0.05, 0) is 117 Å². The van der Waals surface area contributed by atoms with Crippen LogP contribution in [0.2, 0.25) is 0 Å². The van der Waals surface area contributed by atoms with Crippen molar-refractivity contribution in [2.24, 2.45) is 17.8 Å². The summed E-state index contributed by atoms with van der Waals surface area (Å²) >= 11 is -1.35. The third kappa shape index (κ3) is 15.7. The molecule has 20 atom stereocenters. The van der Waals surface area contributed by atoms with Crippen molar-refractivity contribution in [3.05, 3.63) is 41.7 Å². The number of ether oxygens (including phenoxy) is 7. The van der Waals surface area contributed by atoms with E-state index in [1.807, 2.05) is 39.8 Å². The van der Waals surface area contributed by atoms with Gasteiger partial charge in [0.2, 0.25) is 0 Å². The first kappa shape index (κ1) is 63.4. The third-order valence-electron chi connectivity index (χ3n) is 16.3. The van der Waals surface area contributed by atoms with Crippen LogP contribution in [0.4, 0.5) is 8.78 Å². The third-order valence-corrected chi connectivity index (χ3v) is 17.8. The number of alkyl halides is 2. The smallest absolute Gasteiger partial charge is 0.311 e. The minimum atomic E-state index is -1.83. The van der Waals surface area contributed by atoms with Gasteiger partial charge in [0.05, 0.1) is 53.9 Å². The summed E-state index contributed by atoms with van der Waals surface area (Å²) < 4.78 is 86.0. The van der Waals surface area contributed by atoms with Crippen LogP contribution >= 0.6 is 0 Å². The van der Waals surface area contributed by atoms with Gasteiger partial charge in [-0.1, -0.05) is 38.1 Å². The van der Waals surface area contributed by atoms with Gasteiger partial charge in [-0.3, -0.25) is 9.18 Å². The number of halogens is 2. The van der Waals surface area contributed by atoms with E-state index in [1.54, 1.807) is 72.0 Å². The second kappa shape index (κ2) is 27.6. The van der Waals surface area contributed by atoms with Crippen LogP contribution in [0.25, 0.3) is 0 Å². The molecule has 1 unspecified atom stereocenters. The Labute approximate surface area is 447 Å². The van der Waals surface area contributed by atoms with E-state index in [-0.39, 0.29) is 49.5 Å². The number of hydrogen-bond acceptors (Lipinski definition) is 17. The van der Waals surface area contributed by atoms with Crippen molar-refractivity contribution in [1.82, 2.24) is 24.8 Å². The van der Waals surface area contributed by atoms with Crippen molar-refractivity contribution in [2.45, 2.75) is 215 Å². The Bertz CT molecular complexity index is 2050. The molecule has 2 aromatic rings. The van der Waals surface area contributed by atoms with E-state index in [0.717, 1.165) is 0 Å². The normalized spacial score (nSPS) is 38.3. The van der Waals surface area contributed by atoms with Crippen molar-refractivity contribution < 1.29 is 71.7 Å². The van der Waals surface area contributed by atoms with E-state index >= 15 is 0 Å². The number of benzene rings is 1. The summed E-state index contributed by atoms with van der Waals surface area (Å²) in [5.74, 6) is -2.41. The Morgan fingerprint density at radius 2 is 1.65 bits per heavy atom. The molecule has 0 saturated carbocycles. The molecule has 0 aliphatic carbocycles. The molecule has 3 saturated heterocycles. The fourth-order valence-corrected chi connectivity index (χ4v) is 12.6. The first-order chi connectivity index (χ1) is 35.2. The number of rotatable bonds is 19. The molecule has 3 aliphatic rings. The lowest BCUT2D eigenvalue weighted by molar-refractivity contribution is -0.308. The zero-order chi connectivity index (χ0) is 55.7. The number of carbonyl (C=O) groups excluding carboxylic acids is 1. The largest absolute Gasteiger partial charge is 0.611 e. The predicted octanol–water partition coefficient (Wildman–Crippen LogP) is 5.50. The lowest BCUT2D eigenvalue weighted by Gasteiger charge is -2.48. The van der Waals surface area contributed by atoms with Crippen LogP contribution in [0, 0.1) is 17.8 Å². The highest BCUT2D eigenvalue weighted by molar-refractivity contribution is 7.91. The van der Waals surface area contributed by atoms with E-state index in [0.29, 0.717) is 48.5 Å². The molecule has 4 heterocycles. The van der Waals surface area contributed by atoms with E-state index in [2.05, 4.69) is 15.2 Å². The van der Waals surface area contributed by atoms with E-state index < -0.39 is 127 Å². The van der Waals surface area contributed by atoms with Gasteiger partial charge in [0.25, 0.3) is 0 Å². The van der Waals surface area contributed by atoms with Crippen LogP contribution in [0.5, 0.6) is 0 Å². The molecule has 5 rings (SSSR count). The molecule has 3 aliphatic heterocycles. The minimum absolute atomic E-state index is 0.0440. The molecule has 3 fully saturated rings. The van der Waals surface area contributed by atoms with Gasteiger partial charge < -0.3 is 67.9 Å². The zero-order valence-corrected chi connectivity index (χ0v) is 47.8. The first-order valence-corrected chi connectivity index (χ1v) is 28.2. The Kier molecular flexibility index (Phi) is 23.3. The number of cyclic esters (lactones) is 1. The molecule has 0 radical (unpaired) electrons. The molecule has 1 aromatic heterocycles. The van der Waals surface area contributed by atoms with Crippen molar-refractivity contribution >= 4 is 17.1 Å². The van der Waals surface area contributed by atoms with Gasteiger partial charge >= 0.3 is 5.97 Å². The molecule has 430 valence electrons. The molecule has 75 heavy (non-hydrogen) atoms. The molecule has 0 spiro atoms. The van der Waals surface area contributed by atoms with Crippen molar-refractivity contribution in [2.75, 3.05) is 60.5 Å². The summed E-state index contributed by atoms with van der Waals surface area (Å²) in [4.78, 5) is 19.2. The lowest BCUT2D eigenvalue weighted by atomic mass is 9.77. The van der Waals surface area contributed by atoms with Gasteiger partial charge in [-0.2, -0.15) is 0 Å². The maximum Gasteiger partial charge on any atom is 0.311 e. The number of aliphatic hydroxyl groups is 4. The number of aliphatic hydroxyl groups excluding tert-OH is 2. The number of likely N-dealkylation sites (N-methyl/N-ethyl adjacent to an activating group) is 2. The maximum atomic E-state index is 14.8. The average Bonchev–Trinajstić information content (AvgIpc) is 3.84. The molecule has 0 bridgehead atoms. The van der Waals surface area contributed by atoms with Crippen LogP contribution in [-0.2, 0) is 55.5 Å². The van der Waals surface area contributed by atoms with Gasteiger partial charge in [0.15, 0.2) is 17.5 Å². The SMILES string of the molecule is CC[C@H]1OC(=O)[C@H](C)[C@@H](O[C@H]2C[C@@](C)(OC)[C@@H](O)[C@H](C)O2)[C@H](C)[C@@H](O[C@H]2C[C@@H](N(C)CCc3cn([C@H](CF)[C@H](OC)c4ccc([S+]([O-])CCCF)cc4)nn3)C[C@@H](C)O2)[C@](C)(O)C[C@@H](C)CN(C)[C@H](C)[C@@H](O)[C@]1(C)O. The molecular formula is C54H91F2N5O13S. The second-order valence-corrected chi connectivity index (χ2v) is 24.1. The molecular weight excluding hydrogens is 997 g/mol. The van der Waals surface area contributed by atoms with Crippen LogP contribution in [-0.4, -0.2) is 200 Å². The summed E-state index contributed by atoms with van der Waals surface area (Å²) in [7, 11) is 6.86. The quantitative estimate of drug-likeness (QED) is 0.101. The van der Waals surface area contributed by atoms with Crippen LogP contribution in [0.1, 0.15) is 131 Å². The molecule has 1 aromatic carbocycles. The highest BCUT2D eigenvalue weighted by Gasteiger charge is 2.52. The zero-order valence-electron chi connectivity index (χ0n) is 47.0. The summed E-state index contributed by atoms with van der Waals surface area (Å²) in [6.45, 7) is 17.5. The Morgan fingerprint density at radius 1 is 0.973 bits per heavy atom. The predicted molar refractivity (Wildman–Crippen MR) is 279 cm³/mol. The molecule has 18 nitrogen and oxygen atoms in total. The van der Waals surface area contributed by atoms with Crippen molar-refractivity contribution in [3.8, 4) is 0 Å². The van der Waals surface area contributed by atoms with Crippen LogP contribution in [0.3, 0.4) is 0 Å². The number of esters is 1. The highest BCUT2D eigenvalue weighted by atomic mass is 32.2. The number of hydrogen-bond donors (Lipinski definition) is 4. The van der Waals surface area contributed by atoms with Gasteiger partial charge in [-0.15, -0.1) is 5.10 Å². The second-order valence-electron chi connectivity index (χ2n) is 22.6. The lowest BCUT2D eigenvalue weighted by Crippen LogP contribution is -2.59. The van der Waals surface area contributed by atoms with Crippen LogP contribution in [0.15, 0.2) is 35.4 Å². The highest BCUT2D eigenvalue weighted by Crippen LogP contribution is 2.41. The molecule has 21 heteroatoms. The number of aromatic nitrogens is 3. The first-order valence-electron chi connectivity index (χ1n) is 26.9. The fraction of sp³-hybridized carbons (Fsp3) is 0.833. The van der Waals surface area contributed by atoms with Crippen LogP contribution < -0.4 is 0 Å². The Balaban J connectivity index is 1.40. The monoisotopic (exact) mass is 1090 g/mol. The topological polar surface area (TPSA) is 223 Å². The van der Waals surface area contributed by atoms with Gasteiger partial charge in [-0.25, -0.2) is 9.07 Å². The van der Waals surface area contributed by atoms with Gasteiger partial charge in [0, 0.05) is 77.2 Å². The standard InChI is InChI=1S/C54H91F2N5O13S/c1-15-43-54(10,66)48(62)36(6)60(12)30-32(2)27-52(8,65)50(34(4)46(35(5)51(64)72-43)73-45-28-53(9,69-14)49(63)37(7)71-45)74-44-26-40(25-33(3)70-44)59(11)23-21-39-31-61(58-57-39)42(29-56)47(68-13)38-17-19-41(20-18-38)75(67)24-16-22-55/h17-20,31-37,40,42-50,62-63,65-66H,15-16,21-30H2,1-14H3/t32-,33-,34+,35-,36-,37+,40+,42-,43-,44+,45+,46+,47-,48-,49+,50-,52-,53-,54-,75?/m1/s1. The summed E-state index contributed by atoms with van der Waals surface area (Å²) in [5.41, 5.74) is -3.12. The number of methoxy groups -OCH3 is 2. The fourth-order valence-electron chi connectivity index (χ4n) is 11.6. The van der Waals surface area contributed by atoms with Gasteiger partial charge in [0.1, 0.15) is 48.5 Å². The number of nitrogens with zero attached hydrogens (tertiary/aromatic N) is 5. The minimum Gasteiger partial charge on any atom is -0.611 e. The van der Waals surface area contributed by atoms with E-state index in [4.69, 9.17) is 33.2 Å².